The third-order valence-corrected chi connectivity index (χ3v) is 10.4. The lowest BCUT2D eigenvalue weighted by molar-refractivity contribution is -0.162. The molecule has 0 aliphatic carbocycles. The molecule has 6 rings (SSSR count). The van der Waals surface area contributed by atoms with Crippen LogP contribution in [0.15, 0.2) is 109 Å². The van der Waals surface area contributed by atoms with Crippen LogP contribution < -0.4 is 0 Å². The van der Waals surface area contributed by atoms with Crippen molar-refractivity contribution in [3.63, 3.8) is 0 Å². The molecule has 2 heterocycles. The quantitative estimate of drug-likeness (QED) is 0.151. The lowest BCUT2D eigenvalue weighted by Gasteiger charge is -2.39. The maximum atomic E-state index is 13.0. The van der Waals surface area contributed by atoms with Gasteiger partial charge in [0.1, 0.15) is 28.9 Å². The second kappa shape index (κ2) is 19.2. The molecule has 0 bridgehead atoms. The Balaban J connectivity index is 0.000000230. The summed E-state index contributed by atoms with van der Waals surface area (Å²) in [6.07, 6.45) is 1.36. The average Bonchev–Trinajstić information content (AvgIpc) is 3.19. The van der Waals surface area contributed by atoms with Crippen LogP contribution in [0.25, 0.3) is 22.3 Å². The van der Waals surface area contributed by atoms with Crippen molar-refractivity contribution in [2.75, 3.05) is 13.1 Å². The number of esters is 1. The highest BCUT2D eigenvalue weighted by Gasteiger charge is 2.41. The fourth-order valence-corrected chi connectivity index (χ4v) is 7.60. The number of carbonyl (C=O) groups is 4. The van der Waals surface area contributed by atoms with Gasteiger partial charge in [-0.25, -0.2) is 19.2 Å². The summed E-state index contributed by atoms with van der Waals surface area (Å²) in [5.41, 5.74) is 4.99. The first kappa shape index (κ1) is 45.4. The first-order valence-electron chi connectivity index (χ1n) is 20.9. The zero-order valence-corrected chi connectivity index (χ0v) is 36.6. The summed E-state index contributed by atoms with van der Waals surface area (Å²) in [6, 6.07) is 35.6. The van der Waals surface area contributed by atoms with Crippen molar-refractivity contribution in [1.82, 2.24) is 9.80 Å². The van der Waals surface area contributed by atoms with Crippen molar-refractivity contribution in [3.05, 3.63) is 120 Å². The largest absolute Gasteiger partial charge is 0.480 e. The fraction of sp³-hybridized carbons (Fsp3) is 0.440. The van der Waals surface area contributed by atoms with E-state index in [0.717, 1.165) is 28.7 Å². The van der Waals surface area contributed by atoms with E-state index in [1.165, 1.54) is 20.9 Å². The molecule has 2 saturated heterocycles. The number of nitrogens with zero attached hydrogens (tertiary/aromatic N) is 2. The van der Waals surface area contributed by atoms with E-state index in [4.69, 9.17) is 14.2 Å². The summed E-state index contributed by atoms with van der Waals surface area (Å²) in [5, 5.41) is 9.66. The molecule has 320 valence electrons. The second-order valence-corrected chi connectivity index (χ2v) is 18.7. The predicted molar refractivity (Wildman–Crippen MR) is 235 cm³/mol. The van der Waals surface area contributed by atoms with Gasteiger partial charge in [-0.3, -0.25) is 9.80 Å². The van der Waals surface area contributed by atoms with Crippen molar-refractivity contribution in [1.29, 1.82) is 0 Å². The van der Waals surface area contributed by atoms with E-state index >= 15 is 0 Å². The monoisotopic (exact) mass is 818 g/mol. The molecule has 2 aliphatic rings. The first-order valence-corrected chi connectivity index (χ1v) is 20.9. The summed E-state index contributed by atoms with van der Waals surface area (Å²) < 4.78 is 16.6. The van der Waals surface area contributed by atoms with Crippen molar-refractivity contribution in [2.45, 2.75) is 129 Å². The Morgan fingerprint density at radius 1 is 0.483 bits per heavy atom. The maximum absolute atomic E-state index is 13.0. The van der Waals surface area contributed by atoms with Gasteiger partial charge in [-0.05, 0) is 133 Å². The number of carbonyl (C=O) groups excluding carboxylic acids is 3. The van der Waals surface area contributed by atoms with Gasteiger partial charge >= 0.3 is 24.1 Å². The minimum atomic E-state index is -0.989. The lowest BCUT2D eigenvalue weighted by Crippen LogP contribution is -2.52. The van der Waals surface area contributed by atoms with Crippen molar-refractivity contribution in [2.24, 2.45) is 0 Å². The molecule has 0 radical (unpaired) electrons. The van der Waals surface area contributed by atoms with Gasteiger partial charge in [0.15, 0.2) is 0 Å². The van der Waals surface area contributed by atoms with Crippen LogP contribution in [-0.4, -0.2) is 81.0 Å². The molecule has 4 aromatic carbocycles. The van der Waals surface area contributed by atoms with Crippen LogP contribution >= 0.6 is 0 Å². The van der Waals surface area contributed by atoms with Crippen LogP contribution in [-0.2, 0) is 23.8 Å². The van der Waals surface area contributed by atoms with Crippen molar-refractivity contribution < 1.29 is 38.5 Å². The van der Waals surface area contributed by atoms with Gasteiger partial charge in [-0.2, -0.15) is 0 Å². The van der Waals surface area contributed by atoms with E-state index in [2.05, 4.69) is 72.8 Å². The number of ether oxygens (including phenoxy) is 3. The summed E-state index contributed by atoms with van der Waals surface area (Å²) in [7, 11) is 0. The van der Waals surface area contributed by atoms with Crippen LogP contribution in [0.4, 0.5) is 9.59 Å². The molecule has 2 amide bonds. The SMILES string of the molecule is CC(C)(C)OC(=O)N1CC[C@H](c2ccc(-c3ccccc3)cc2)C[C@@H]1C(=O)O.CC(C)(C)OC(=O)[C@H]1C[C@@H](c2ccc(-c3ccccc3)cc2)CCN1C(=O)OC(C)(C)C. The van der Waals surface area contributed by atoms with Gasteiger partial charge < -0.3 is 19.3 Å². The highest BCUT2D eigenvalue weighted by Crippen LogP contribution is 2.36. The van der Waals surface area contributed by atoms with Gasteiger partial charge in [0.2, 0.25) is 0 Å². The topological polar surface area (TPSA) is 123 Å². The normalized spacial score (nSPS) is 19.6. The molecule has 2 fully saturated rings. The number of aliphatic carboxylic acids is 1. The minimum Gasteiger partial charge on any atom is -0.480 e. The first-order chi connectivity index (χ1) is 28.2. The van der Waals surface area contributed by atoms with Gasteiger partial charge in [0.25, 0.3) is 0 Å². The van der Waals surface area contributed by atoms with Crippen LogP contribution in [0.5, 0.6) is 0 Å². The Bertz CT molecular complexity index is 2050. The lowest BCUT2D eigenvalue weighted by atomic mass is 9.84. The Labute approximate surface area is 355 Å². The number of carboxylic acids is 1. The Kier molecular flexibility index (Phi) is 14.5. The van der Waals surface area contributed by atoms with E-state index in [1.807, 2.05) is 77.9 Å². The average molecular weight is 819 g/mol. The molecule has 2 aliphatic heterocycles. The number of hydrogen-bond acceptors (Lipinski definition) is 7. The van der Waals surface area contributed by atoms with E-state index in [1.54, 1.807) is 20.8 Å². The third kappa shape index (κ3) is 12.9. The van der Waals surface area contributed by atoms with Gasteiger partial charge in [-0.1, -0.05) is 109 Å². The highest BCUT2D eigenvalue weighted by molar-refractivity contribution is 5.82. The number of amides is 2. The fourth-order valence-electron chi connectivity index (χ4n) is 7.60. The van der Waals surface area contributed by atoms with E-state index in [0.29, 0.717) is 32.4 Å². The van der Waals surface area contributed by atoms with Crippen molar-refractivity contribution >= 4 is 24.1 Å². The van der Waals surface area contributed by atoms with Crippen LogP contribution in [0.3, 0.4) is 0 Å². The highest BCUT2D eigenvalue weighted by atomic mass is 16.6. The van der Waals surface area contributed by atoms with Crippen molar-refractivity contribution in [3.8, 4) is 22.3 Å². The number of piperidine rings is 2. The van der Waals surface area contributed by atoms with Crippen LogP contribution in [0.2, 0.25) is 0 Å². The summed E-state index contributed by atoms with van der Waals surface area (Å²) in [5.74, 6) is -1.11. The Morgan fingerprint density at radius 2 is 0.817 bits per heavy atom. The molecule has 0 spiro atoms. The predicted octanol–water partition coefficient (Wildman–Crippen LogP) is 11.1. The molecule has 4 atom stereocenters. The number of benzene rings is 4. The molecule has 0 aromatic heterocycles. The molecule has 10 nitrogen and oxygen atoms in total. The van der Waals surface area contributed by atoms with E-state index in [-0.39, 0.29) is 17.8 Å². The van der Waals surface area contributed by atoms with Crippen LogP contribution in [0.1, 0.15) is 111 Å². The van der Waals surface area contributed by atoms with Gasteiger partial charge in [-0.15, -0.1) is 0 Å². The summed E-state index contributed by atoms with van der Waals surface area (Å²) in [6.45, 7) is 17.2. The molecule has 0 unspecified atom stereocenters. The van der Waals surface area contributed by atoms with E-state index in [9.17, 15) is 24.3 Å². The standard InChI is InChI=1S/C27H35NO4.C23H27NO4/c1-26(2,3)31-24(29)23-18-22(16-17-28(23)25(30)32-27(4,5)6)21-14-12-20(13-15-21)19-10-8-7-9-11-19;1-23(2,3)28-22(27)24-14-13-19(15-20(24)21(25)26)18-11-9-17(10-12-18)16-7-5-4-6-8-16/h7-15,22-23H,16-18H2,1-6H3;4-12,19-20H,13-15H2,1-3H3,(H,25,26)/t22-,23+;19-,20+/m00/s1. The maximum Gasteiger partial charge on any atom is 0.411 e. The molecule has 0 saturated carbocycles. The zero-order chi connectivity index (χ0) is 43.8. The molecule has 60 heavy (non-hydrogen) atoms. The summed E-state index contributed by atoms with van der Waals surface area (Å²) >= 11 is 0. The number of rotatable bonds is 6. The second-order valence-electron chi connectivity index (χ2n) is 18.7. The molecular formula is C50H62N2O8. The van der Waals surface area contributed by atoms with Gasteiger partial charge in [0, 0.05) is 13.1 Å². The number of carboxylic acid groups (broad SMARTS) is 1. The molecule has 4 aromatic rings. The van der Waals surface area contributed by atoms with Crippen LogP contribution in [0, 0.1) is 0 Å². The number of hydrogen-bond donors (Lipinski definition) is 1. The summed E-state index contributed by atoms with van der Waals surface area (Å²) in [4.78, 5) is 53.0. The molecular weight excluding hydrogens is 757 g/mol. The molecule has 1 N–H and O–H groups in total. The van der Waals surface area contributed by atoms with E-state index < -0.39 is 47.0 Å². The Morgan fingerprint density at radius 3 is 1.17 bits per heavy atom. The smallest absolute Gasteiger partial charge is 0.411 e. The third-order valence-electron chi connectivity index (χ3n) is 10.4. The number of likely N-dealkylation sites (tertiary alicyclic amines) is 2. The van der Waals surface area contributed by atoms with Gasteiger partial charge in [0.05, 0.1) is 0 Å². The minimum absolute atomic E-state index is 0.101. The Hall–Kier alpha value is -5.64. The molecule has 10 heteroatoms. The zero-order valence-electron chi connectivity index (χ0n) is 36.6.